The van der Waals surface area contributed by atoms with Gasteiger partial charge in [-0.3, -0.25) is 4.79 Å². The van der Waals surface area contributed by atoms with E-state index in [-0.39, 0.29) is 11.7 Å². The van der Waals surface area contributed by atoms with Crippen LogP contribution in [0.25, 0.3) is 22.0 Å². The molecule has 1 aromatic heterocycles. The number of carbonyl (C=O) groups excluding carboxylic acids is 1. The summed E-state index contributed by atoms with van der Waals surface area (Å²) >= 11 is 1.59. The lowest BCUT2D eigenvalue weighted by Crippen LogP contribution is -2.26. The largest absolute Gasteiger partial charge is 0.361 e. The molecule has 0 spiro atoms. The number of benzene rings is 3. The van der Waals surface area contributed by atoms with E-state index >= 15 is 0 Å². The number of hydrogen-bond acceptors (Lipinski definition) is 2. The number of aromatic amines is 1. The van der Waals surface area contributed by atoms with Gasteiger partial charge in [0.05, 0.1) is 0 Å². The second-order valence-electron chi connectivity index (χ2n) is 6.79. The van der Waals surface area contributed by atoms with Crippen molar-refractivity contribution in [2.45, 2.75) is 11.3 Å². The number of hydrogen-bond donors (Lipinski definition) is 2. The summed E-state index contributed by atoms with van der Waals surface area (Å²) in [4.78, 5) is 17.2. The summed E-state index contributed by atoms with van der Waals surface area (Å²) in [6.45, 7) is 0.521. The molecule has 3 nitrogen and oxygen atoms in total. The van der Waals surface area contributed by atoms with Crippen molar-refractivity contribution < 1.29 is 9.18 Å². The van der Waals surface area contributed by atoms with E-state index in [1.54, 1.807) is 17.8 Å². The summed E-state index contributed by atoms with van der Waals surface area (Å²) in [6.07, 6.45) is 4.70. The molecule has 4 rings (SSSR count). The van der Waals surface area contributed by atoms with Crippen LogP contribution in [0.15, 0.2) is 77.8 Å². The van der Waals surface area contributed by atoms with Gasteiger partial charge < -0.3 is 10.3 Å². The van der Waals surface area contributed by atoms with E-state index in [9.17, 15) is 9.18 Å². The Hall–Kier alpha value is -3.05. The molecular weight excluding hydrogens is 383 g/mol. The third-order valence-electron chi connectivity index (χ3n) is 4.96. The molecule has 2 N–H and O–H groups in total. The van der Waals surface area contributed by atoms with Crippen LogP contribution in [0.2, 0.25) is 0 Å². The highest BCUT2D eigenvalue weighted by Gasteiger charge is 2.14. The molecule has 1 heterocycles. The number of H-pyrrole nitrogens is 1. The van der Waals surface area contributed by atoms with E-state index in [1.807, 2.05) is 54.9 Å². The molecular formula is C24H21FN2OS. The molecule has 1 amide bonds. The summed E-state index contributed by atoms with van der Waals surface area (Å²) in [5.74, 6) is -0.473. The van der Waals surface area contributed by atoms with E-state index in [4.69, 9.17) is 0 Å². The van der Waals surface area contributed by atoms with Crippen molar-refractivity contribution >= 4 is 28.6 Å². The first-order valence-corrected chi connectivity index (χ1v) is 10.7. The topological polar surface area (TPSA) is 44.9 Å². The summed E-state index contributed by atoms with van der Waals surface area (Å²) in [6, 6.07) is 20.1. The first-order valence-electron chi connectivity index (χ1n) is 9.43. The number of para-hydroxylation sites is 1. The van der Waals surface area contributed by atoms with Crippen LogP contribution < -0.4 is 5.32 Å². The van der Waals surface area contributed by atoms with E-state index in [2.05, 4.69) is 16.4 Å². The van der Waals surface area contributed by atoms with Crippen LogP contribution in [0, 0.1) is 5.82 Å². The average Bonchev–Trinajstić information content (AvgIpc) is 3.16. The molecule has 0 aliphatic rings. The van der Waals surface area contributed by atoms with Gasteiger partial charge in [-0.2, -0.15) is 0 Å². The molecule has 0 aliphatic carbocycles. The summed E-state index contributed by atoms with van der Waals surface area (Å²) in [5.41, 5.74) is 4.25. The van der Waals surface area contributed by atoms with Crippen molar-refractivity contribution in [3.8, 4) is 11.1 Å². The minimum absolute atomic E-state index is 0.156. The van der Waals surface area contributed by atoms with Crippen LogP contribution in [0.1, 0.15) is 15.9 Å². The molecule has 0 atom stereocenters. The molecule has 0 aliphatic heterocycles. The van der Waals surface area contributed by atoms with Crippen LogP contribution in [0.5, 0.6) is 0 Å². The summed E-state index contributed by atoms with van der Waals surface area (Å²) in [5, 5.41) is 4.18. The fourth-order valence-electron chi connectivity index (χ4n) is 3.49. The Labute approximate surface area is 173 Å². The smallest absolute Gasteiger partial charge is 0.251 e. The summed E-state index contributed by atoms with van der Waals surface area (Å²) < 4.78 is 13.7. The van der Waals surface area contributed by atoms with Gasteiger partial charge in [0.2, 0.25) is 0 Å². The van der Waals surface area contributed by atoms with Gasteiger partial charge in [-0.05, 0) is 65.8 Å². The number of thioether (sulfide) groups is 1. The van der Waals surface area contributed by atoms with Crippen molar-refractivity contribution in [2.24, 2.45) is 0 Å². The van der Waals surface area contributed by atoms with E-state index in [0.717, 1.165) is 22.4 Å². The molecule has 0 radical (unpaired) electrons. The van der Waals surface area contributed by atoms with E-state index in [1.165, 1.54) is 23.1 Å². The zero-order chi connectivity index (χ0) is 20.2. The highest BCUT2D eigenvalue weighted by molar-refractivity contribution is 7.98. The van der Waals surface area contributed by atoms with E-state index < -0.39 is 0 Å². The third-order valence-corrected chi connectivity index (χ3v) is 5.69. The second-order valence-corrected chi connectivity index (χ2v) is 7.67. The minimum Gasteiger partial charge on any atom is -0.361 e. The Bertz CT molecular complexity index is 1170. The monoisotopic (exact) mass is 404 g/mol. The maximum absolute atomic E-state index is 13.7. The number of aromatic nitrogens is 1. The number of amides is 1. The highest BCUT2D eigenvalue weighted by Crippen LogP contribution is 2.29. The van der Waals surface area contributed by atoms with Crippen molar-refractivity contribution in [3.05, 3.63) is 89.9 Å². The number of fused-ring (bicyclic) bond motifs is 1. The molecule has 146 valence electrons. The molecule has 0 saturated heterocycles. The number of carbonyl (C=O) groups is 1. The summed E-state index contributed by atoms with van der Waals surface area (Å²) in [7, 11) is 0. The molecule has 0 bridgehead atoms. The average molecular weight is 405 g/mol. The molecule has 3 aromatic carbocycles. The quantitative estimate of drug-likeness (QED) is 0.407. The van der Waals surface area contributed by atoms with Crippen LogP contribution in [-0.4, -0.2) is 23.7 Å². The second kappa shape index (κ2) is 8.53. The zero-order valence-electron chi connectivity index (χ0n) is 16.0. The van der Waals surface area contributed by atoms with Crippen LogP contribution in [0.4, 0.5) is 4.39 Å². The van der Waals surface area contributed by atoms with Gasteiger partial charge in [-0.1, -0.05) is 30.3 Å². The Morgan fingerprint density at radius 3 is 2.76 bits per heavy atom. The number of nitrogens with one attached hydrogen (secondary N) is 2. The zero-order valence-corrected chi connectivity index (χ0v) is 16.9. The van der Waals surface area contributed by atoms with Gasteiger partial charge in [0, 0.05) is 34.1 Å². The maximum Gasteiger partial charge on any atom is 0.251 e. The standard InChI is InChI=1S/C24H21FN2OS/c1-29-19-9-10-21(22(14-19)16-5-4-6-18(25)13-16)24(28)26-12-11-17-15-27-23-8-3-2-7-20(17)23/h2-10,13-15,27H,11-12H2,1H3,(H,26,28). The van der Waals surface area contributed by atoms with Crippen molar-refractivity contribution in [3.63, 3.8) is 0 Å². The first-order chi connectivity index (χ1) is 14.2. The lowest BCUT2D eigenvalue weighted by atomic mass is 9.99. The predicted molar refractivity (Wildman–Crippen MR) is 118 cm³/mol. The lowest BCUT2D eigenvalue weighted by Gasteiger charge is -2.12. The fraction of sp³-hybridized carbons (Fsp3) is 0.125. The minimum atomic E-state index is -0.317. The molecule has 0 saturated carbocycles. The van der Waals surface area contributed by atoms with Gasteiger partial charge in [0.1, 0.15) is 5.82 Å². The maximum atomic E-state index is 13.7. The van der Waals surface area contributed by atoms with Gasteiger partial charge in [0.25, 0.3) is 5.91 Å². The SMILES string of the molecule is CSc1ccc(C(=O)NCCc2c[nH]c3ccccc23)c(-c2cccc(F)c2)c1. The number of halogens is 1. The normalized spacial score (nSPS) is 11.0. The molecule has 5 heteroatoms. The highest BCUT2D eigenvalue weighted by atomic mass is 32.2. The Morgan fingerprint density at radius 2 is 1.93 bits per heavy atom. The number of rotatable bonds is 6. The molecule has 0 fully saturated rings. The molecule has 29 heavy (non-hydrogen) atoms. The Balaban J connectivity index is 1.53. The van der Waals surface area contributed by atoms with Gasteiger partial charge >= 0.3 is 0 Å². The first kappa shape index (κ1) is 19.3. The Kier molecular flexibility index (Phi) is 5.67. The molecule has 4 aromatic rings. The fourth-order valence-corrected chi connectivity index (χ4v) is 3.93. The van der Waals surface area contributed by atoms with Gasteiger partial charge in [0.15, 0.2) is 0 Å². The predicted octanol–water partition coefficient (Wildman–Crippen LogP) is 5.67. The van der Waals surface area contributed by atoms with E-state index in [0.29, 0.717) is 17.7 Å². The van der Waals surface area contributed by atoms with Crippen molar-refractivity contribution in [1.29, 1.82) is 0 Å². The van der Waals surface area contributed by atoms with Crippen molar-refractivity contribution in [1.82, 2.24) is 10.3 Å². The van der Waals surface area contributed by atoms with Crippen LogP contribution >= 0.6 is 11.8 Å². The van der Waals surface area contributed by atoms with Crippen molar-refractivity contribution in [2.75, 3.05) is 12.8 Å². The Morgan fingerprint density at radius 1 is 1.07 bits per heavy atom. The third kappa shape index (κ3) is 4.20. The van der Waals surface area contributed by atoms with Crippen LogP contribution in [-0.2, 0) is 6.42 Å². The molecule has 0 unspecified atom stereocenters. The van der Waals surface area contributed by atoms with Crippen LogP contribution in [0.3, 0.4) is 0 Å². The lowest BCUT2D eigenvalue weighted by molar-refractivity contribution is 0.0954. The van der Waals surface area contributed by atoms with Gasteiger partial charge in [-0.15, -0.1) is 11.8 Å². The van der Waals surface area contributed by atoms with Gasteiger partial charge in [-0.25, -0.2) is 4.39 Å².